The van der Waals surface area contributed by atoms with E-state index in [1.165, 1.54) is 38.5 Å². The molecule has 0 aliphatic heterocycles. The van der Waals surface area contributed by atoms with Crippen molar-refractivity contribution in [2.75, 3.05) is 0 Å². The maximum atomic E-state index is 2.86. The summed E-state index contributed by atoms with van der Waals surface area (Å²) >= 11 is 0. The Morgan fingerprint density at radius 2 is 0.583 bits per heavy atom. The lowest BCUT2D eigenvalue weighted by Gasteiger charge is -1.79. The minimum absolute atomic E-state index is 0. The zero-order valence-electron chi connectivity index (χ0n) is 31.5. The Bertz CT molecular complexity index is 492. The zero-order valence-corrected chi connectivity index (χ0v) is 31.5. The quantitative estimate of drug-likeness (QED) is 0.199. The maximum Gasteiger partial charge on any atom is 0.00601 e. The Labute approximate surface area is 319 Å². The Kier molecular flexibility index (Phi) is 504. The highest BCUT2D eigenvalue weighted by atomic mass is 13.7. The van der Waals surface area contributed by atoms with E-state index in [0.29, 0.717) is 0 Å². The molecule has 0 rings (SSSR count). The molecule has 0 spiro atoms. The van der Waals surface area contributed by atoms with Crippen LogP contribution >= 0.6 is 0 Å². The lowest BCUT2D eigenvalue weighted by molar-refractivity contribution is 0.772. The van der Waals surface area contributed by atoms with Gasteiger partial charge in [-0.05, 0) is 68.2 Å². The Morgan fingerprint density at radius 1 is 0.354 bits per heavy atom. The molecule has 0 amide bonds. The van der Waals surface area contributed by atoms with E-state index in [9.17, 15) is 0 Å². The van der Waals surface area contributed by atoms with Crippen molar-refractivity contribution in [1.29, 1.82) is 0 Å². The highest BCUT2D eigenvalue weighted by Crippen LogP contribution is 1.88. The van der Waals surface area contributed by atoms with Gasteiger partial charge in [-0.1, -0.05) is 204 Å². The van der Waals surface area contributed by atoms with Crippen LogP contribution in [0.2, 0.25) is 0 Å². The van der Waals surface area contributed by atoms with E-state index in [1.807, 2.05) is 81.4 Å². The first-order valence-electron chi connectivity index (χ1n) is 16.2. The van der Waals surface area contributed by atoms with E-state index in [1.54, 1.807) is 0 Å². The molecule has 0 aliphatic carbocycles. The van der Waals surface area contributed by atoms with E-state index in [2.05, 4.69) is 115 Å². The van der Waals surface area contributed by atoms with Crippen molar-refractivity contribution in [2.24, 2.45) is 0 Å². The van der Waals surface area contributed by atoms with Gasteiger partial charge in [-0.15, -0.1) is 35.5 Å². The van der Waals surface area contributed by atoms with Crippen LogP contribution in [-0.4, -0.2) is 0 Å². The highest BCUT2D eigenvalue weighted by molar-refractivity contribution is 4.93. The summed E-state index contributed by atoms with van der Waals surface area (Å²) in [4.78, 5) is 0. The van der Waals surface area contributed by atoms with Crippen LogP contribution in [-0.2, 0) is 0 Å². The van der Waals surface area contributed by atoms with Gasteiger partial charge in [0, 0.05) is 12.8 Å². The molecule has 0 aliphatic rings. The monoisotopic (exact) mass is 689 g/mol. The molecule has 0 unspecified atom stereocenters. The average Bonchev–Trinajstić information content (AvgIpc) is 2.97. The zero-order chi connectivity index (χ0) is 33.6. The van der Waals surface area contributed by atoms with Gasteiger partial charge in [0.15, 0.2) is 0 Å². The predicted molar refractivity (Wildman–Crippen MR) is 253 cm³/mol. The van der Waals surface area contributed by atoms with Gasteiger partial charge in [0.2, 0.25) is 0 Å². The molecule has 0 heteroatoms. The van der Waals surface area contributed by atoms with Crippen LogP contribution in [0.25, 0.3) is 0 Å². The van der Waals surface area contributed by atoms with Crippen molar-refractivity contribution in [3.05, 3.63) is 36.5 Å². The normalized spacial score (nSPS) is 6.12. The van der Waals surface area contributed by atoms with Crippen LogP contribution in [0.1, 0.15) is 248 Å². The molecule has 0 saturated heterocycles. The number of allylic oxidation sites excluding steroid dienone is 6. The maximum absolute atomic E-state index is 2.86. The van der Waals surface area contributed by atoms with E-state index < -0.39 is 0 Å². The van der Waals surface area contributed by atoms with Gasteiger partial charge in [-0.3, -0.25) is 0 Å². The summed E-state index contributed by atoms with van der Waals surface area (Å²) in [5, 5.41) is 0. The first-order valence-corrected chi connectivity index (χ1v) is 16.2. The van der Waals surface area contributed by atoms with Crippen LogP contribution < -0.4 is 0 Å². The van der Waals surface area contributed by atoms with Crippen molar-refractivity contribution in [3.8, 4) is 35.5 Å². The first kappa shape index (κ1) is 111. The topological polar surface area (TPSA) is 0 Å². The fourth-order valence-electron chi connectivity index (χ4n) is 1.18. The van der Waals surface area contributed by atoms with Gasteiger partial charge in [0.1, 0.15) is 0 Å². The van der Waals surface area contributed by atoms with E-state index in [0.717, 1.165) is 25.7 Å². The summed E-state index contributed by atoms with van der Waals surface area (Å²) < 4.78 is 0. The predicted octanol–water partition coefficient (Wildman–Crippen LogP) is 19.9. The van der Waals surface area contributed by atoms with Crippen molar-refractivity contribution in [3.63, 3.8) is 0 Å². The van der Waals surface area contributed by atoms with Gasteiger partial charge in [0.05, 0.1) is 0 Å². The Balaban J connectivity index is -0.0000000148. The number of rotatable bonds is 5. The summed E-state index contributed by atoms with van der Waals surface area (Å²) in [6, 6.07) is 0. The molecule has 0 aromatic rings. The summed E-state index contributed by atoms with van der Waals surface area (Å²) in [6.07, 6.45) is 24.6. The molecule has 0 fully saturated rings. The third-order valence-electron chi connectivity index (χ3n) is 3.44. The van der Waals surface area contributed by atoms with Crippen molar-refractivity contribution >= 4 is 0 Å². The lowest BCUT2D eigenvalue weighted by Crippen LogP contribution is -1.59. The second-order valence-corrected chi connectivity index (χ2v) is 7.74. The molecule has 0 atom stereocenters. The fourth-order valence-corrected chi connectivity index (χ4v) is 1.18. The average molecular weight is 689 g/mol. The summed E-state index contributed by atoms with van der Waals surface area (Å²) in [6.45, 7) is 36.8. The van der Waals surface area contributed by atoms with Crippen LogP contribution in [0, 0.1) is 35.5 Å². The van der Waals surface area contributed by atoms with Crippen molar-refractivity contribution in [1.82, 2.24) is 0 Å². The number of unbranched alkanes of at least 4 members (excludes halogenated alkanes) is 3. The molecular formula is C48H112. The molecule has 304 valence electrons. The Hall–Kier alpha value is -2.10. The molecule has 0 radical (unpaired) electrons. The largest absolute Gasteiger partial charge is 0.107 e. The number of hydrogen-bond donors (Lipinski definition) is 0. The molecule has 0 nitrogen and oxygen atoms in total. The molecule has 0 aromatic heterocycles. The number of hydrogen-bond acceptors (Lipinski definition) is 0. The van der Waals surface area contributed by atoms with E-state index >= 15 is 0 Å². The second-order valence-electron chi connectivity index (χ2n) is 7.74. The molecular weight excluding hydrogens is 577 g/mol. The molecule has 0 N–H and O–H groups in total. The smallest absolute Gasteiger partial charge is 0.00601 e. The van der Waals surface area contributed by atoms with Crippen molar-refractivity contribution in [2.45, 2.75) is 248 Å². The van der Waals surface area contributed by atoms with Gasteiger partial charge < -0.3 is 0 Å². The van der Waals surface area contributed by atoms with Crippen LogP contribution in [0.4, 0.5) is 0 Å². The van der Waals surface area contributed by atoms with Crippen LogP contribution in [0.5, 0.6) is 0 Å². The second kappa shape index (κ2) is 219. The molecule has 0 saturated carbocycles. The van der Waals surface area contributed by atoms with Gasteiger partial charge in [0.25, 0.3) is 0 Å². The van der Waals surface area contributed by atoms with E-state index in [-0.39, 0.29) is 59.4 Å². The highest BCUT2D eigenvalue weighted by Gasteiger charge is 1.68. The van der Waals surface area contributed by atoms with Crippen molar-refractivity contribution < 1.29 is 0 Å². The standard InChI is InChI=1S/C5H12.2C5H10.2C5H8.C4H10.C4H8.C4H6.C3H8.8CH4/c5*1-3-5-4-2;3*1-3-4-2;1-3-2;;;;;;;;/h3-5H2,1-2H3;2*3,5H,4H2,1-2H3;2*3H2,1-2H3;3-4H2,1-2H3;3-4H,1-2H3;1-2H3;3H2,1-2H3;8*1H4. The summed E-state index contributed by atoms with van der Waals surface area (Å²) in [5.41, 5.74) is 0. The van der Waals surface area contributed by atoms with Gasteiger partial charge in [-0.25, -0.2) is 0 Å². The molecule has 0 aromatic carbocycles. The minimum Gasteiger partial charge on any atom is -0.107 e. The fraction of sp³-hybridized carbons (Fsp3) is 0.750. The molecule has 0 heterocycles. The lowest BCUT2D eigenvalue weighted by atomic mass is 10.3. The minimum atomic E-state index is 0. The van der Waals surface area contributed by atoms with E-state index in [4.69, 9.17) is 0 Å². The van der Waals surface area contributed by atoms with Gasteiger partial charge >= 0.3 is 0 Å². The Morgan fingerprint density at radius 3 is 0.583 bits per heavy atom. The third-order valence-corrected chi connectivity index (χ3v) is 3.44. The molecule has 48 heavy (non-hydrogen) atoms. The SMILES string of the molecule is C.C.C.C.C.C.C.C.CC#CC.CC#CCC.CC#CCC.CC=CC.CC=CCC.CC=CCC.CCC.CCCC.CCCCC. The summed E-state index contributed by atoms with van der Waals surface area (Å²) in [7, 11) is 0. The summed E-state index contributed by atoms with van der Waals surface area (Å²) in [5.74, 6) is 16.6. The third kappa shape index (κ3) is 680. The van der Waals surface area contributed by atoms with Crippen LogP contribution in [0.3, 0.4) is 0 Å². The van der Waals surface area contributed by atoms with Gasteiger partial charge in [-0.2, -0.15) is 0 Å². The molecule has 0 bridgehead atoms. The first-order chi connectivity index (χ1) is 19.2. The van der Waals surface area contributed by atoms with Crippen LogP contribution in [0.15, 0.2) is 36.5 Å².